The highest BCUT2D eigenvalue weighted by Crippen LogP contribution is 2.63. The maximum atomic E-state index is 14.4. The number of ketones is 1. The summed E-state index contributed by atoms with van der Waals surface area (Å²) in [5, 5.41) is 2.75. The molecule has 3 fully saturated rings. The van der Waals surface area contributed by atoms with Crippen molar-refractivity contribution in [3.63, 3.8) is 0 Å². The van der Waals surface area contributed by atoms with Crippen LogP contribution in [-0.4, -0.2) is 74.1 Å². The molecule has 0 radical (unpaired) electrons. The normalized spacial score (nSPS) is 24.3. The van der Waals surface area contributed by atoms with Gasteiger partial charge in [-0.05, 0) is 79.0 Å². The summed E-state index contributed by atoms with van der Waals surface area (Å²) < 4.78 is 34.7. The van der Waals surface area contributed by atoms with Crippen LogP contribution in [0.2, 0.25) is 0 Å². The Balaban J connectivity index is 1.61. The van der Waals surface area contributed by atoms with Gasteiger partial charge in [0.15, 0.2) is 0 Å². The molecule has 1 aliphatic heterocycles. The molecule has 3 aliphatic rings. The number of hydrogen-bond acceptors (Lipinski definition) is 8. The SMILES string of the molecule is CCOC(=O)c1ccc(S(=O)(=O)N[C@H](C(=O)N2CC3(CC3C(C)C)C[C@H]2C(=O)NC(CC2CCC2)C(=O)C(N)=O)C(C)(C)C)cc1. The number of carbonyl (C=O) groups excluding carboxylic acids is 5. The van der Waals surface area contributed by atoms with Gasteiger partial charge in [-0.3, -0.25) is 19.2 Å². The molecule has 4 rings (SSSR count). The number of rotatable bonds is 13. The maximum Gasteiger partial charge on any atom is 0.338 e. The first-order valence-corrected chi connectivity index (χ1v) is 17.6. The molecule has 0 aromatic heterocycles. The van der Waals surface area contributed by atoms with Crippen LogP contribution in [0, 0.1) is 28.6 Å². The fraction of sp³-hybridized carbons (Fsp3) is 0.667. The van der Waals surface area contributed by atoms with Crippen LogP contribution in [0.5, 0.6) is 0 Å². The average molecular weight is 661 g/mol. The third kappa shape index (κ3) is 7.62. The molecule has 3 amide bonds. The summed E-state index contributed by atoms with van der Waals surface area (Å²) in [6.45, 7) is 11.5. The maximum absolute atomic E-state index is 14.4. The predicted octanol–water partition coefficient (Wildman–Crippen LogP) is 2.55. The number of likely N-dealkylation sites (tertiary alicyclic amines) is 1. The molecule has 5 atom stereocenters. The highest BCUT2D eigenvalue weighted by atomic mass is 32.2. The molecular weight excluding hydrogens is 612 g/mol. The summed E-state index contributed by atoms with van der Waals surface area (Å²) in [7, 11) is -4.24. The van der Waals surface area contributed by atoms with Crippen LogP contribution in [0.3, 0.4) is 0 Å². The largest absolute Gasteiger partial charge is 0.462 e. The number of nitrogens with one attached hydrogen (secondary N) is 2. The molecule has 46 heavy (non-hydrogen) atoms. The molecule has 1 aromatic rings. The van der Waals surface area contributed by atoms with Crippen LogP contribution < -0.4 is 15.8 Å². The van der Waals surface area contributed by atoms with Crippen molar-refractivity contribution in [2.45, 2.75) is 103 Å². The Hall–Kier alpha value is -3.32. The number of nitrogens with two attached hydrogens (primary N) is 1. The number of Topliss-reactive ketones (excluding diaryl/α,β-unsaturated/α-hetero) is 1. The fourth-order valence-corrected chi connectivity index (χ4v) is 8.31. The molecule has 1 aromatic carbocycles. The van der Waals surface area contributed by atoms with Crippen molar-refractivity contribution in [1.82, 2.24) is 14.9 Å². The smallest absolute Gasteiger partial charge is 0.338 e. The summed E-state index contributed by atoms with van der Waals surface area (Å²) in [5.74, 6) is -2.89. The van der Waals surface area contributed by atoms with Crippen LogP contribution >= 0.6 is 0 Å². The second-order valence-electron chi connectivity index (χ2n) is 14.6. The van der Waals surface area contributed by atoms with E-state index in [4.69, 9.17) is 10.5 Å². The number of hydrogen-bond donors (Lipinski definition) is 3. The number of primary amides is 1. The van der Waals surface area contributed by atoms with Crippen molar-refractivity contribution >= 4 is 39.5 Å². The van der Waals surface area contributed by atoms with Gasteiger partial charge in [0.1, 0.15) is 12.1 Å². The molecule has 1 spiro atoms. The van der Waals surface area contributed by atoms with E-state index >= 15 is 0 Å². The van der Waals surface area contributed by atoms with E-state index in [1.54, 1.807) is 27.7 Å². The van der Waals surface area contributed by atoms with Gasteiger partial charge in [0.2, 0.25) is 27.6 Å². The first kappa shape index (κ1) is 35.5. The molecule has 2 saturated carbocycles. The van der Waals surface area contributed by atoms with E-state index in [1.165, 1.54) is 29.2 Å². The van der Waals surface area contributed by atoms with Crippen LogP contribution in [0.4, 0.5) is 0 Å². The first-order chi connectivity index (χ1) is 21.4. The minimum Gasteiger partial charge on any atom is -0.462 e. The number of esters is 1. The fourth-order valence-electron chi connectivity index (χ4n) is 6.92. The Morgan fingerprint density at radius 3 is 2.17 bits per heavy atom. The Morgan fingerprint density at radius 1 is 1.07 bits per heavy atom. The zero-order valence-electron chi connectivity index (χ0n) is 27.6. The lowest BCUT2D eigenvalue weighted by Crippen LogP contribution is -2.59. The van der Waals surface area contributed by atoms with Gasteiger partial charge in [-0.1, -0.05) is 53.9 Å². The molecule has 1 heterocycles. The lowest BCUT2D eigenvalue weighted by molar-refractivity contribution is -0.143. The summed E-state index contributed by atoms with van der Waals surface area (Å²) >= 11 is 0. The quantitative estimate of drug-likeness (QED) is 0.213. The monoisotopic (exact) mass is 660 g/mol. The van der Waals surface area contributed by atoms with Crippen molar-refractivity contribution in [3.05, 3.63) is 29.8 Å². The van der Waals surface area contributed by atoms with Crippen LogP contribution in [-0.2, 0) is 33.9 Å². The minimum absolute atomic E-state index is 0.138. The molecule has 13 heteroatoms. The van der Waals surface area contributed by atoms with E-state index in [-0.39, 0.29) is 40.9 Å². The number of carbonyl (C=O) groups is 5. The van der Waals surface area contributed by atoms with E-state index in [2.05, 4.69) is 23.9 Å². The van der Waals surface area contributed by atoms with Crippen molar-refractivity contribution in [2.75, 3.05) is 13.2 Å². The summed E-state index contributed by atoms with van der Waals surface area (Å²) in [6.07, 6.45) is 4.29. The van der Waals surface area contributed by atoms with Gasteiger partial charge in [0, 0.05) is 6.54 Å². The number of benzene rings is 1. The van der Waals surface area contributed by atoms with Crippen molar-refractivity contribution in [2.24, 2.45) is 34.3 Å². The molecular formula is C33H48N4O8S. The van der Waals surface area contributed by atoms with Crippen LogP contribution in [0.1, 0.15) is 90.4 Å². The van der Waals surface area contributed by atoms with Gasteiger partial charge in [-0.2, -0.15) is 4.72 Å². The second-order valence-corrected chi connectivity index (χ2v) is 16.3. The van der Waals surface area contributed by atoms with Crippen molar-refractivity contribution in [3.8, 4) is 0 Å². The molecule has 2 aliphatic carbocycles. The van der Waals surface area contributed by atoms with Crippen LogP contribution in [0.15, 0.2) is 29.2 Å². The number of amides is 3. The van der Waals surface area contributed by atoms with Gasteiger partial charge in [0.05, 0.1) is 23.1 Å². The molecule has 254 valence electrons. The lowest BCUT2D eigenvalue weighted by Gasteiger charge is -2.36. The molecule has 12 nitrogen and oxygen atoms in total. The van der Waals surface area contributed by atoms with Gasteiger partial charge >= 0.3 is 5.97 Å². The summed E-state index contributed by atoms with van der Waals surface area (Å²) in [5.41, 5.74) is 4.31. The summed E-state index contributed by atoms with van der Waals surface area (Å²) in [6, 6.07) is 1.94. The number of ether oxygens (including phenoxy) is 1. The van der Waals surface area contributed by atoms with Crippen molar-refractivity contribution in [1.29, 1.82) is 0 Å². The van der Waals surface area contributed by atoms with E-state index in [0.717, 1.165) is 25.7 Å². The zero-order valence-corrected chi connectivity index (χ0v) is 28.4. The second kappa shape index (κ2) is 13.4. The Labute approximate surface area is 271 Å². The highest BCUT2D eigenvalue weighted by Gasteiger charge is 2.63. The van der Waals surface area contributed by atoms with Gasteiger partial charge < -0.3 is 20.7 Å². The molecule has 3 unspecified atom stereocenters. The third-order valence-electron chi connectivity index (χ3n) is 9.84. The number of nitrogens with zero attached hydrogens (tertiary/aromatic N) is 1. The minimum atomic E-state index is -4.24. The van der Waals surface area contributed by atoms with Crippen molar-refractivity contribution < 1.29 is 37.1 Å². The predicted molar refractivity (Wildman–Crippen MR) is 170 cm³/mol. The standard InChI is InChI=1S/C33H48N4O8S/c1-7-45-31(42)21-11-13-22(14-12-21)46(43,44)36-27(32(4,5)6)30(41)37-18-33(16-23(33)19(2)3)17-25(37)29(40)35-24(26(38)28(34)39)15-20-9-8-10-20/h11-14,19-20,23-25,27,36H,7-10,15-18H2,1-6H3,(H2,34,39)(H,35,40)/t23?,24?,25-,27+,33?/m0/s1. The third-order valence-corrected chi connectivity index (χ3v) is 11.3. The Morgan fingerprint density at radius 2 is 1.70 bits per heavy atom. The van der Waals surface area contributed by atoms with E-state index in [0.29, 0.717) is 18.8 Å². The zero-order chi connectivity index (χ0) is 34.2. The summed E-state index contributed by atoms with van der Waals surface area (Å²) in [4.78, 5) is 66.2. The lowest BCUT2D eigenvalue weighted by atomic mass is 9.80. The molecule has 4 N–H and O–H groups in total. The highest BCUT2D eigenvalue weighted by molar-refractivity contribution is 7.89. The van der Waals surface area contributed by atoms with Gasteiger partial charge in [-0.15, -0.1) is 0 Å². The van der Waals surface area contributed by atoms with Gasteiger partial charge in [-0.25, -0.2) is 13.2 Å². The number of sulfonamides is 1. The molecule has 1 saturated heterocycles. The Bertz CT molecular complexity index is 1460. The van der Waals surface area contributed by atoms with E-state index in [9.17, 15) is 32.4 Å². The van der Waals surface area contributed by atoms with E-state index < -0.39 is 63.0 Å². The van der Waals surface area contributed by atoms with Crippen LogP contribution in [0.25, 0.3) is 0 Å². The van der Waals surface area contributed by atoms with E-state index in [1.807, 2.05) is 0 Å². The topological polar surface area (TPSA) is 182 Å². The average Bonchev–Trinajstić information content (AvgIpc) is 3.53. The molecule has 0 bridgehead atoms. The van der Waals surface area contributed by atoms with Gasteiger partial charge in [0.25, 0.3) is 5.91 Å². The first-order valence-electron chi connectivity index (χ1n) is 16.1. The Kier molecular flexibility index (Phi) is 10.4.